The second-order valence-corrected chi connectivity index (χ2v) is 10.3. The van der Waals surface area contributed by atoms with E-state index >= 15 is 0 Å². The Labute approximate surface area is 227 Å². The summed E-state index contributed by atoms with van der Waals surface area (Å²) in [6.45, 7) is 4.17. The molecular weight excluding hydrogens is 502 g/mol. The van der Waals surface area contributed by atoms with Gasteiger partial charge >= 0.3 is 6.03 Å². The summed E-state index contributed by atoms with van der Waals surface area (Å²) in [7, 11) is 1.88. The Kier molecular flexibility index (Phi) is 7.69. The smallest absolute Gasteiger partial charge is 0.319 e. The quantitative estimate of drug-likeness (QED) is 0.456. The summed E-state index contributed by atoms with van der Waals surface area (Å²) in [5.74, 6) is 0.656. The number of hydrogen-bond donors (Lipinski definition) is 2. The molecule has 3 amide bonds. The predicted octanol–water partition coefficient (Wildman–Crippen LogP) is 5.43. The zero-order valence-electron chi connectivity index (χ0n) is 21.6. The molecule has 0 aliphatic carbocycles. The molecule has 1 saturated heterocycles. The largest absolute Gasteiger partial charge is 0.493 e. The number of nitrogens with one attached hydrogen (secondary N) is 2. The highest BCUT2D eigenvalue weighted by Gasteiger charge is 2.29. The van der Waals surface area contributed by atoms with Crippen LogP contribution in [0.15, 0.2) is 60.9 Å². The lowest BCUT2D eigenvalue weighted by Gasteiger charge is -2.38. The number of nitrogens with zero attached hydrogens (tertiary/aromatic N) is 3. The average Bonchev–Trinajstić information content (AvgIpc) is 2.95. The van der Waals surface area contributed by atoms with Gasteiger partial charge in [-0.25, -0.2) is 4.79 Å². The summed E-state index contributed by atoms with van der Waals surface area (Å²) in [5, 5.41) is 6.47. The van der Waals surface area contributed by atoms with E-state index in [0.29, 0.717) is 35.1 Å². The lowest BCUT2D eigenvalue weighted by molar-refractivity contribution is 0.0709. The highest BCUT2D eigenvalue weighted by Crippen LogP contribution is 2.34. The number of aryl methyl sites for hydroxylation is 1. The van der Waals surface area contributed by atoms with E-state index in [1.165, 1.54) is 0 Å². The molecule has 0 radical (unpaired) electrons. The number of carbonyl (C=O) groups excluding carboxylic acids is 2. The van der Waals surface area contributed by atoms with Crippen LogP contribution >= 0.6 is 11.6 Å². The Morgan fingerprint density at radius 3 is 2.55 bits per heavy atom. The van der Waals surface area contributed by atoms with Gasteiger partial charge in [-0.3, -0.25) is 9.78 Å². The third-order valence-corrected chi connectivity index (χ3v) is 7.80. The molecule has 2 aromatic carbocycles. The van der Waals surface area contributed by atoms with Gasteiger partial charge in [-0.05, 0) is 67.8 Å². The molecule has 3 heterocycles. The number of rotatable bonds is 5. The first-order valence-electron chi connectivity index (χ1n) is 12.9. The van der Waals surface area contributed by atoms with Crippen molar-refractivity contribution >= 4 is 34.9 Å². The van der Waals surface area contributed by atoms with E-state index in [-0.39, 0.29) is 24.0 Å². The van der Waals surface area contributed by atoms with Crippen LogP contribution in [0.3, 0.4) is 0 Å². The van der Waals surface area contributed by atoms with Gasteiger partial charge in [0.2, 0.25) is 0 Å². The molecule has 38 heavy (non-hydrogen) atoms. The van der Waals surface area contributed by atoms with Gasteiger partial charge in [0.05, 0.1) is 12.6 Å². The third-order valence-electron chi connectivity index (χ3n) is 7.39. The van der Waals surface area contributed by atoms with E-state index < -0.39 is 0 Å². The first kappa shape index (κ1) is 25.9. The fourth-order valence-corrected chi connectivity index (χ4v) is 5.29. The molecular formula is C29H32ClN5O3. The Hall–Kier alpha value is -3.78. The van der Waals surface area contributed by atoms with Crippen molar-refractivity contribution in [2.75, 3.05) is 37.0 Å². The van der Waals surface area contributed by atoms with E-state index in [9.17, 15) is 9.59 Å². The Morgan fingerprint density at radius 1 is 1.05 bits per heavy atom. The van der Waals surface area contributed by atoms with Crippen LogP contribution in [0.5, 0.6) is 5.75 Å². The van der Waals surface area contributed by atoms with Crippen LogP contribution in [0, 0.1) is 6.92 Å². The molecule has 8 nitrogen and oxygen atoms in total. The van der Waals surface area contributed by atoms with Crippen molar-refractivity contribution in [3.63, 3.8) is 0 Å². The molecule has 1 aromatic heterocycles. The van der Waals surface area contributed by atoms with Crippen LogP contribution in [0.4, 0.5) is 16.2 Å². The molecule has 9 heteroatoms. The second kappa shape index (κ2) is 11.3. The predicted molar refractivity (Wildman–Crippen MR) is 149 cm³/mol. The first-order valence-corrected chi connectivity index (χ1v) is 13.3. The number of ether oxygens (including phenoxy) is 1. The van der Waals surface area contributed by atoms with Gasteiger partial charge in [0.25, 0.3) is 5.91 Å². The summed E-state index contributed by atoms with van der Waals surface area (Å²) in [5.41, 5.74) is 4.12. The number of piperidine rings is 1. The Morgan fingerprint density at radius 2 is 1.82 bits per heavy atom. The van der Waals surface area contributed by atoms with Crippen molar-refractivity contribution in [2.45, 2.75) is 38.3 Å². The molecule has 1 atom stereocenters. The maximum Gasteiger partial charge on any atom is 0.319 e. The Bertz CT molecular complexity index is 1310. The molecule has 1 unspecified atom stereocenters. The van der Waals surface area contributed by atoms with Crippen molar-refractivity contribution in [1.29, 1.82) is 0 Å². The average molecular weight is 534 g/mol. The summed E-state index contributed by atoms with van der Waals surface area (Å²) in [6, 6.07) is 14.5. The van der Waals surface area contributed by atoms with E-state index in [4.69, 9.17) is 16.3 Å². The standard InChI is InChI=1S/C29H32ClN5O3/c1-19-3-5-21(18-25(19)30)32-29(37)33-26-11-16-38-27-6-4-20(17-24(26)27)28(36)34(2)22-9-14-35(15-10-22)23-7-12-31-13-8-23/h3-8,12-13,17-18,22,26H,9-11,14-16H2,1-2H3,(H2,32,33,37). The van der Waals surface area contributed by atoms with Gasteiger partial charge in [-0.1, -0.05) is 17.7 Å². The summed E-state index contributed by atoms with van der Waals surface area (Å²) < 4.78 is 5.82. The van der Waals surface area contributed by atoms with Gasteiger partial charge in [0, 0.05) is 72.5 Å². The fraction of sp³-hybridized carbons (Fsp3) is 0.345. The number of amides is 3. The van der Waals surface area contributed by atoms with Crippen molar-refractivity contribution in [1.82, 2.24) is 15.2 Å². The topological polar surface area (TPSA) is 86.8 Å². The SMILES string of the molecule is Cc1ccc(NC(=O)NC2CCOc3ccc(C(=O)N(C)C4CCN(c5ccncc5)CC4)cc32)cc1Cl. The number of halogens is 1. The highest BCUT2D eigenvalue weighted by molar-refractivity contribution is 6.31. The number of carbonyl (C=O) groups is 2. The van der Waals surface area contributed by atoms with Crippen molar-refractivity contribution in [3.8, 4) is 5.75 Å². The molecule has 3 aromatic rings. The zero-order chi connectivity index (χ0) is 26.6. The third kappa shape index (κ3) is 5.70. The molecule has 0 spiro atoms. The summed E-state index contributed by atoms with van der Waals surface area (Å²) in [4.78, 5) is 34.5. The first-order chi connectivity index (χ1) is 18.4. The molecule has 2 aliphatic heterocycles. The second-order valence-electron chi connectivity index (χ2n) is 9.84. The molecule has 1 fully saturated rings. The minimum absolute atomic E-state index is 0.0294. The number of anilines is 2. The molecule has 5 rings (SSSR count). The van der Waals surface area contributed by atoms with Crippen LogP contribution in [-0.2, 0) is 0 Å². The maximum atomic E-state index is 13.5. The lowest BCUT2D eigenvalue weighted by Crippen LogP contribution is -2.45. The van der Waals surface area contributed by atoms with Crippen molar-refractivity contribution in [3.05, 3.63) is 82.6 Å². The Balaban J connectivity index is 1.24. The number of urea groups is 1. The van der Waals surface area contributed by atoms with Crippen LogP contribution in [-0.4, -0.2) is 54.6 Å². The van der Waals surface area contributed by atoms with Gasteiger partial charge in [-0.2, -0.15) is 0 Å². The number of hydrogen-bond acceptors (Lipinski definition) is 5. The number of aromatic nitrogens is 1. The van der Waals surface area contributed by atoms with Gasteiger partial charge < -0.3 is 25.2 Å². The fourth-order valence-electron chi connectivity index (χ4n) is 5.11. The maximum absolute atomic E-state index is 13.5. The highest BCUT2D eigenvalue weighted by atomic mass is 35.5. The normalized spacial score (nSPS) is 17.2. The lowest BCUT2D eigenvalue weighted by atomic mass is 9.97. The van der Waals surface area contributed by atoms with Crippen LogP contribution in [0.1, 0.15) is 46.8 Å². The van der Waals surface area contributed by atoms with E-state index in [1.54, 1.807) is 24.5 Å². The van der Waals surface area contributed by atoms with Crippen molar-refractivity contribution in [2.24, 2.45) is 0 Å². The minimum atomic E-state index is -0.336. The monoisotopic (exact) mass is 533 g/mol. The van der Waals surface area contributed by atoms with Crippen LogP contribution < -0.4 is 20.3 Å². The number of pyridine rings is 1. The number of benzene rings is 2. The van der Waals surface area contributed by atoms with Crippen LogP contribution in [0.25, 0.3) is 0 Å². The molecule has 198 valence electrons. The van der Waals surface area contributed by atoms with Crippen LogP contribution in [0.2, 0.25) is 5.02 Å². The van der Waals surface area contributed by atoms with E-state index in [0.717, 1.165) is 42.7 Å². The summed E-state index contributed by atoms with van der Waals surface area (Å²) >= 11 is 6.19. The van der Waals surface area contributed by atoms with Gasteiger partial charge in [0.1, 0.15) is 5.75 Å². The molecule has 0 saturated carbocycles. The van der Waals surface area contributed by atoms with Gasteiger partial charge in [-0.15, -0.1) is 0 Å². The van der Waals surface area contributed by atoms with Gasteiger partial charge in [0.15, 0.2) is 0 Å². The van der Waals surface area contributed by atoms with E-state index in [2.05, 4.69) is 20.5 Å². The van der Waals surface area contributed by atoms with Crippen molar-refractivity contribution < 1.29 is 14.3 Å². The minimum Gasteiger partial charge on any atom is -0.493 e. The number of fused-ring (bicyclic) bond motifs is 1. The zero-order valence-corrected chi connectivity index (χ0v) is 22.4. The molecule has 2 N–H and O–H groups in total. The summed E-state index contributed by atoms with van der Waals surface area (Å²) in [6.07, 6.45) is 6.01. The molecule has 0 bridgehead atoms. The molecule has 2 aliphatic rings. The van der Waals surface area contributed by atoms with E-state index in [1.807, 2.05) is 55.3 Å².